The fourth-order valence-corrected chi connectivity index (χ4v) is 4.80. The molecule has 0 amide bonds. The van der Waals surface area contributed by atoms with E-state index in [4.69, 9.17) is 4.42 Å². The Balaban J connectivity index is 1.71. The topological polar surface area (TPSA) is 90.9 Å². The summed E-state index contributed by atoms with van der Waals surface area (Å²) >= 11 is 0. The zero-order valence-corrected chi connectivity index (χ0v) is 13.7. The quantitative estimate of drug-likeness (QED) is 0.718. The maximum Gasteiger partial charge on any atom is 0.217 e. The van der Waals surface area contributed by atoms with Crippen molar-refractivity contribution in [3.8, 4) is 17.4 Å². The van der Waals surface area contributed by atoms with Crippen molar-refractivity contribution in [2.45, 2.75) is 12.8 Å². The molecule has 3 aromatic rings. The summed E-state index contributed by atoms with van der Waals surface area (Å²) < 4.78 is 30.5. The van der Waals surface area contributed by atoms with E-state index >= 15 is 0 Å². The van der Waals surface area contributed by atoms with E-state index in [2.05, 4.69) is 15.1 Å². The normalized spacial score (nSPS) is 19.6. The van der Waals surface area contributed by atoms with Crippen molar-refractivity contribution in [1.29, 1.82) is 0 Å². The smallest absolute Gasteiger partial charge is 0.217 e. The van der Waals surface area contributed by atoms with Crippen molar-refractivity contribution >= 4 is 9.84 Å². The van der Waals surface area contributed by atoms with Gasteiger partial charge in [-0.1, -0.05) is 6.07 Å². The fourth-order valence-electron chi connectivity index (χ4n) is 2.94. The highest BCUT2D eigenvalue weighted by Gasteiger charge is 2.30. The Morgan fingerprint density at radius 1 is 1.25 bits per heavy atom. The lowest BCUT2D eigenvalue weighted by atomic mass is 10.1. The number of furan rings is 1. The second kappa shape index (κ2) is 5.86. The average Bonchev–Trinajstić information content (AvgIpc) is 3.28. The lowest BCUT2D eigenvalue weighted by Crippen LogP contribution is -2.12. The van der Waals surface area contributed by atoms with Crippen LogP contribution in [0.15, 0.2) is 47.2 Å². The van der Waals surface area contributed by atoms with Gasteiger partial charge in [0.2, 0.25) is 5.82 Å². The average molecular weight is 344 g/mol. The standard InChI is InChI=1S/C16H16N4O3S/c21-24(22)9-6-12(11-24)10-15-18-16(13-4-3-8-23-13)19-20(15)14-5-1-2-7-17-14/h1-5,7-8,12H,6,9-11H2/t12-/m0/s1. The first-order chi connectivity index (χ1) is 11.6. The molecule has 0 radical (unpaired) electrons. The molecule has 0 aliphatic carbocycles. The summed E-state index contributed by atoms with van der Waals surface area (Å²) in [5, 5.41) is 4.50. The van der Waals surface area contributed by atoms with E-state index in [0.29, 0.717) is 36.1 Å². The lowest BCUT2D eigenvalue weighted by Gasteiger charge is -2.08. The van der Waals surface area contributed by atoms with Gasteiger partial charge in [0.15, 0.2) is 21.4 Å². The summed E-state index contributed by atoms with van der Waals surface area (Å²) in [4.78, 5) is 8.88. The summed E-state index contributed by atoms with van der Waals surface area (Å²) in [7, 11) is -2.92. The van der Waals surface area contributed by atoms with Crippen LogP contribution in [0.1, 0.15) is 12.2 Å². The van der Waals surface area contributed by atoms with Crippen LogP contribution in [0.2, 0.25) is 0 Å². The number of hydrogen-bond acceptors (Lipinski definition) is 6. The van der Waals surface area contributed by atoms with Crippen molar-refractivity contribution in [1.82, 2.24) is 19.7 Å². The third-order valence-corrected chi connectivity index (χ3v) is 5.92. The van der Waals surface area contributed by atoms with Crippen molar-refractivity contribution in [3.63, 3.8) is 0 Å². The van der Waals surface area contributed by atoms with Gasteiger partial charge in [-0.05, 0) is 36.6 Å². The molecule has 24 heavy (non-hydrogen) atoms. The Hall–Kier alpha value is -2.48. The van der Waals surface area contributed by atoms with E-state index in [9.17, 15) is 8.42 Å². The van der Waals surface area contributed by atoms with E-state index in [0.717, 1.165) is 0 Å². The predicted octanol–water partition coefficient (Wildman–Crippen LogP) is 1.90. The molecule has 4 rings (SSSR count). The summed E-state index contributed by atoms with van der Waals surface area (Å²) in [6.45, 7) is 0. The number of hydrogen-bond donors (Lipinski definition) is 0. The van der Waals surface area contributed by atoms with Crippen LogP contribution in [-0.2, 0) is 16.3 Å². The Morgan fingerprint density at radius 2 is 2.17 bits per heavy atom. The molecule has 0 N–H and O–H groups in total. The summed E-state index contributed by atoms with van der Waals surface area (Å²) in [5.41, 5.74) is 0. The van der Waals surface area contributed by atoms with Gasteiger partial charge in [0.25, 0.3) is 0 Å². The molecule has 0 aromatic carbocycles. The molecule has 0 bridgehead atoms. The van der Waals surface area contributed by atoms with Gasteiger partial charge in [0.05, 0.1) is 17.8 Å². The van der Waals surface area contributed by atoms with E-state index in [1.54, 1.807) is 29.3 Å². The van der Waals surface area contributed by atoms with Gasteiger partial charge in [-0.15, -0.1) is 5.10 Å². The van der Waals surface area contributed by atoms with Crippen molar-refractivity contribution in [3.05, 3.63) is 48.6 Å². The van der Waals surface area contributed by atoms with E-state index in [1.165, 1.54) is 0 Å². The van der Waals surface area contributed by atoms with Crippen LogP contribution in [0.3, 0.4) is 0 Å². The maximum atomic E-state index is 11.7. The molecule has 0 unspecified atom stereocenters. The minimum absolute atomic E-state index is 0.0612. The predicted molar refractivity (Wildman–Crippen MR) is 87.3 cm³/mol. The van der Waals surface area contributed by atoms with Gasteiger partial charge in [0.1, 0.15) is 5.82 Å². The largest absolute Gasteiger partial charge is 0.461 e. The zero-order chi connectivity index (χ0) is 16.6. The number of nitrogens with zero attached hydrogens (tertiary/aromatic N) is 4. The lowest BCUT2D eigenvalue weighted by molar-refractivity contribution is 0.558. The Kier molecular flexibility index (Phi) is 3.68. The third kappa shape index (κ3) is 2.96. The Morgan fingerprint density at radius 3 is 2.83 bits per heavy atom. The number of pyridine rings is 1. The highest BCUT2D eigenvalue weighted by atomic mass is 32.2. The Labute approximate surface area is 139 Å². The summed E-state index contributed by atoms with van der Waals surface area (Å²) in [6, 6.07) is 9.12. The highest BCUT2D eigenvalue weighted by Crippen LogP contribution is 2.25. The molecule has 4 heterocycles. The third-order valence-electron chi connectivity index (χ3n) is 4.08. The molecule has 0 saturated carbocycles. The molecule has 3 aromatic heterocycles. The molecule has 0 spiro atoms. The molecule has 1 aliphatic rings. The van der Waals surface area contributed by atoms with E-state index < -0.39 is 9.84 Å². The molecular weight excluding hydrogens is 328 g/mol. The SMILES string of the molecule is O=S1(=O)CC[C@@H](Cc2nc(-c3ccco3)nn2-c2ccccn2)C1. The van der Waals surface area contributed by atoms with Crippen LogP contribution in [0.5, 0.6) is 0 Å². The van der Waals surface area contributed by atoms with E-state index in [-0.39, 0.29) is 17.4 Å². The van der Waals surface area contributed by atoms with Gasteiger partial charge in [-0.2, -0.15) is 4.68 Å². The van der Waals surface area contributed by atoms with Gasteiger partial charge in [0, 0.05) is 12.6 Å². The van der Waals surface area contributed by atoms with Crippen molar-refractivity contribution in [2.24, 2.45) is 5.92 Å². The second-order valence-electron chi connectivity index (χ2n) is 5.90. The molecule has 1 atom stereocenters. The minimum Gasteiger partial charge on any atom is -0.461 e. The van der Waals surface area contributed by atoms with Crippen LogP contribution in [0, 0.1) is 5.92 Å². The molecular formula is C16H16N4O3S. The number of rotatable bonds is 4. The first-order valence-electron chi connectivity index (χ1n) is 7.72. The maximum absolute atomic E-state index is 11.7. The van der Waals surface area contributed by atoms with Gasteiger partial charge < -0.3 is 4.42 Å². The molecule has 7 nitrogen and oxygen atoms in total. The molecule has 1 aliphatic heterocycles. The highest BCUT2D eigenvalue weighted by molar-refractivity contribution is 7.91. The van der Waals surface area contributed by atoms with Crippen LogP contribution in [-0.4, -0.2) is 39.7 Å². The van der Waals surface area contributed by atoms with E-state index in [1.807, 2.05) is 18.2 Å². The molecule has 1 saturated heterocycles. The fraction of sp³-hybridized carbons (Fsp3) is 0.312. The zero-order valence-electron chi connectivity index (χ0n) is 12.9. The number of sulfone groups is 1. The molecule has 124 valence electrons. The van der Waals surface area contributed by atoms with Gasteiger partial charge in [-0.25, -0.2) is 18.4 Å². The van der Waals surface area contributed by atoms with Crippen LogP contribution >= 0.6 is 0 Å². The summed E-state index contributed by atoms with van der Waals surface area (Å²) in [6.07, 6.45) is 4.46. The second-order valence-corrected chi connectivity index (χ2v) is 8.13. The van der Waals surface area contributed by atoms with Crippen LogP contribution in [0.4, 0.5) is 0 Å². The first kappa shape index (κ1) is 15.1. The van der Waals surface area contributed by atoms with Crippen molar-refractivity contribution in [2.75, 3.05) is 11.5 Å². The minimum atomic E-state index is -2.92. The monoisotopic (exact) mass is 344 g/mol. The molecule has 1 fully saturated rings. The molecule has 8 heteroatoms. The van der Waals surface area contributed by atoms with Crippen LogP contribution in [0.25, 0.3) is 17.4 Å². The van der Waals surface area contributed by atoms with Gasteiger partial charge in [-0.3, -0.25) is 0 Å². The first-order valence-corrected chi connectivity index (χ1v) is 9.54. The Bertz CT molecular complexity index is 933. The van der Waals surface area contributed by atoms with Crippen molar-refractivity contribution < 1.29 is 12.8 Å². The van der Waals surface area contributed by atoms with Gasteiger partial charge >= 0.3 is 0 Å². The summed E-state index contributed by atoms with van der Waals surface area (Å²) in [5.74, 6) is 2.91. The van der Waals surface area contributed by atoms with Crippen LogP contribution < -0.4 is 0 Å². The number of aromatic nitrogens is 4.